The monoisotopic (exact) mass is 254 g/mol. The zero-order chi connectivity index (χ0) is 13.3. The van der Waals surface area contributed by atoms with Crippen molar-refractivity contribution >= 4 is 11.9 Å². The van der Waals surface area contributed by atoms with Crippen LogP contribution >= 0.6 is 0 Å². The Balaban J connectivity index is 3.61. The average molecular weight is 254 g/mol. The van der Waals surface area contributed by atoms with Gasteiger partial charge >= 0.3 is 5.97 Å². The van der Waals surface area contributed by atoms with Gasteiger partial charge in [0.25, 0.3) is 6.43 Å². The number of ether oxygens (including phenoxy) is 1. The van der Waals surface area contributed by atoms with E-state index in [2.05, 4.69) is 15.4 Å². The number of carbonyl (C=O) groups excluding carboxylic acids is 1. The predicted octanol–water partition coefficient (Wildman–Crippen LogP) is -0.553. The lowest BCUT2D eigenvalue weighted by molar-refractivity contribution is -0.141. The van der Waals surface area contributed by atoms with Gasteiger partial charge in [0.2, 0.25) is 5.91 Å². The molecule has 17 heavy (non-hydrogen) atoms. The van der Waals surface area contributed by atoms with E-state index in [9.17, 15) is 18.4 Å². The Hall–Kier alpha value is -1.28. The summed E-state index contributed by atoms with van der Waals surface area (Å²) in [6.07, 6.45) is -2.51. The fraction of sp³-hybridized carbons (Fsp3) is 0.778. The Labute approximate surface area is 97.3 Å². The molecular formula is C9H16F2N2O4. The van der Waals surface area contributed by atoms with Gasteiger partial charge in [-0.1, -0.05) is 0 Å². The van der Waals surface area contributed by atoms with E-state index in [1.807, 2.05) is 0 Å². The van der Waals surface area contributed by atoms with Gasteiger partial charge in [0.15, 0.2) is 0 Å². The molecule has 0 aromatic heterocycles. The minimum absolute atomic E-state index is 0.00690. The van der Waals surface area contributed by atoms with Gasteiger partial charge < -0.3 is 20.5 Å². The maximum atomic E-state index is 11.7. The van der Waals surface area contributed by atoms with Crippen LogP contribution < -0.4 is 10.6 Å². The Morgan fingerprint density at radius 1 is 1.41 bits per heavy atom. The molecule has 0 aliphatic rings. The first-order chi connectivity index (χ1) is 7.93. The van der Waals surface area contributed by atoms with Crippen molar-refractivity contribution in [1.29, 1.82) is 0 Å². The van der Waals surface area contributed by atoms with Crippen molar-refractivity contribution in [2.45, 2.75) is 19.4 Å². The van der Waals surface area contributed by atoms with Crippen LogP contribution in [0.5, 0.6) is 0 Å². The van der Waals surface area contributed by atoms with Crippen molar-refractivity contribution in [2.75, 3.05) is 26.3 Å². The molecule has 0 aromatic rings. The lowest BCUT2D eigenvalue weighted by Crippen LogP contribution is -2.47. The highest BCUT2D eigenvalue weighted by Gasteiger charge is 2.17. The molecule has 0 spiro atoms. The van der Waals surface area contributed by atoms with Crippen molar-refractivity contribution in [3.05, 3.63) is 0 Å². The van der Waals surface area contributed by atoms with Crippen LogP contribution in [-0.4, -0.2) is 55.8 Å². The third-order valence-corrected chi connectivity index (χ3v) is 1.69. The van der Waals surface area contributed by atoms with Crippen LogP contribution in [0.3, 0.4) is 0 Å². The number of carboxylic acid groups (broad SMARTS) is 1. The fourth-order valence-corrected chi connectivity index (χ4v) is 1.01. The molecule has 0 bridgehead atoms. The van der Waals surface area contributed by atoms with Gasteiger partial charge in [-0.05, 0) is 0 Å². The third kappa shape index (κ3) is 9.64. The maximum Gasteiger partial charge on any atom is 0.327 e. The molecule has 0 aromatic carbocycles. The van der Waals surface area contributed by atoms with Gasteiger partial charge in [-0.15, -0.1) is 0 Å². The number of carbonyl (C=O) groups is 2. The number of nitrogens with one attached hydrogen (secondary N) is 2. The SMILES string of the molecule is CC(=O)NC(CNCCOCC(F)F)C(=O)O. The second-order valence-electron chi connectivity index (χ2n) is 3.26. The molecule has 1 amide bonds. The summed E-state index contributed by atoms with van der Waals surface area (Å²) in [6, 6.07) is -1.04. The van der Waals surface area contributed by atoms with Gasteiger partial charge in [0, 0.05) is 20.0 Å². The van der Waals surface area contributed by atoms with E-state index in [0.29, 0.717) is 0 Å². The van der Waals surface area contributed by atoms with Crippen LogP contribution in [0.4, 0.5) is 8.78 Å². The van der Waals surface area contributed by atoms with Crippen molar-refractivity contribution in [1.82, 2.24) is 10.6 Å². The quantitative estimate of drug-likeness (QED) is 0.480. The normalized spacial score (nSPS) is 12.5. The third-order valence-electron chi connectivity index (χ3n) is 1.69. The molecular weight excluding hydrogens is 238 g/mol. The first-order valence-corrected chi connectivity index (χ1v) is 5.00. The summed E-state index contributed by atoms with van der Waals surface area (Å²) >= 11 is 0. The van der Waals surface area contributed by atoms with Crippen LogP contribution in [-0.2, 0) is 14.3 Å². The van der Waals surface area contributed by atoms with Crippen LogP contribution in [0.1, 0.15) is 6.92 Å². The molecule has 0 saturated heterocycles. The molecule has 0 aliphatic heterocycles. The molecule has 0 heterocycles. The number of hydrogen-bond acceptors (Lipinski definition) is 4. The smallest absolute Gasteiger partial charge is 0.327 e. The summed E-state index contributed by atoms with van der Waals surface area (Å²) in [7, 11) is 0. The molecule has 0 aliphatic carbocycles. The molecule has 0 saturated carbocycles. The van der Waals surface area contributed by atoms with E-state index >= 15 is 0 Å². The van der Waals surface area contributed by atoms with Crippen LogP contribution in [0.2, 0.25) is 0 Å². The van der Waals surface area contributed by atoms with E-state index in [1.165, 1.54) is 6.92 Å². The van der Waals surface area contributed by atoms with Gasteiger partial charge in [0.1, 0.15) is 12.6 Å². The predicted molar refractivity (Wildman–Crippen MR) is 54.9 cm³/mol. The Morgan fingerprint density at radius 2 is 2.06 bits per heavy atom. The molecule has 1 unspecified atom stereocenters. The number of halogens is 2. The first kappa shape index (κ1) is 15.7. The number of aliphatic carboxylic acids is 1. The van der Waals surface area contributed by atoms with Crippen molar-refractivity contribution in [3.8, 4) is 0 Å². The number of amides is 1. The fourth-order valence-electron chi connectivity index (χ4n) is 1.01. The largest absolute Gasteiger partial charge is 0.480 e. The van der Waals surface area contributed by atoms with Gasteiger partial charge in [0.05, 0.1) is 6.61 Å². The summed E-state index contributed by atoms with van der Waals surface area (Å²) in [6.45, 7) is 0.858. The van der Waals surface area contributed by atoms with Crippen LogP contribution in [0.15, 0.2) is 0 Å². The zero-order valence-corrected chi connectivity index (χ0v) is 9.41. The highest BCUT2D eigenvalue weighted by molar-refractivity contribution is 5.82. The molecule has 0 radical (unpaired) electrons. The zero-order valence-electron chi connectivity index (χ0n) is 9.41. The number of carboxylic acids is 1. The van der Waals surface area contributed by atoms with Crippen molar-refractivity contribution < 1.29 is 28.2 Å². The molecule has 1 atom stereocenters. The minimum atomic E-state index is -2.51. The first-order valence-electron chi connectivity index (χ1n) is 5.00. The topological polar surface area (TPSA) is 87.7 Å². The Bertz CT molecular complexity index is 251. The Kier molecular flexibility index (Phi) is 8.16. The van der Waals surface area contributed by atoms with Crippen molar-refractivity contribution in [2.24, 2.45) is 0 Å². The minimum Gasteiger partial charge on any atom is -0.480 e. The second-order valence-corrected chi connectivity index (χ2v) is 3.26. The summed E-state index contributed by atoms with van der Waals surface area (Å²) in [5, 5.41) is 13.6. The average Bonchev–Trinajstić information content (AvgIpc) is 2.20. The van der Waals surface area contributed by atoms with Crippen LogP contribution in [0.25, 0.3) is 0 Å². The highest BCUT2D eigenvalue weighted by Crippen LogP contribution is 1.91. The van der Waals surface area contributed by atoms with Gasteiger partial charge in [-0.3, -0.25) is 4.79 Å². The highest BCUT2D eigenvalue weighted by atomic mass is 19.3. The lowest BCUT2D eigenvalue weighted by atomic mass is 10.3. The summed E-state index contributed by atoms with van der Waals surface area (Å²) in [4.78, 5) is 21.3. The number of hydrogen-bond donors (Lipinski definition) is 3. The van der Waals surface area contributed by atoms with Crippen LogP contribution in [0, 0.1) is 0 Å². The van der Waals surface area contributed by atoms with Crippen molar-refractivity contribution in [3.63, 3.8) is 0 Å². The standard InChI is InChI=1S/C9H16F2N2O4/c1-6(14)13-7(9(15)16)4-12-2-3-17-5-8(10)11/h7-8,12H,2-5H2,1H3,(H,13,14)(H,15,16). The number of rotatable bonds is 9. The molecule has 3 N–H and O–H groups in total. The molecule has 0 fully saturated rings. The molecule has 6 nitrogen and oxygen atoms in total. The lowest BCUT2D eigenvalue weighted by Gasteiger charge is -2.14. The van der Waals surface area contributed by atoms with Gasteiger partial charge in [-0.25, -0.2) is 13.6 Å². The Morgan fingerprint density at radius 3 is 2.53 bits per heavy atom. The molecule has 100 valence electrons. The molecule has 0 rings (SSSR count). The van der Waals surface area contributed by atoms with Gasteiger partial charge in [-0.2, -0.15) is 0 Å². The van der Waals surface area contributed by atoms with E-state index in [1.54, 1.807) is 0 Å². The number of alkyl halides is 2. The van der Waals surface area contributed by atoms with E-state index in [4.69, 9.17) is 5.11 Å². The van der Waals surface area contributed by atoms with E-state index in [-0.39, 0.29) is 19.7 Å². The summed E-state index contributed by atoms with van der Waals surface area (Å²) in [5.74, 6) is -1.62. The van der Waals surface area contributed by atoms with E-state index in [0.717, 1.165) is 0 Å². The summed E-state index contributed by atoms with van der Waals surface area (Å²) in [5.41, 5.74) is 0. The maximum absolute atomic E-state index is 11.7. The summed E-state index contributed by atoms with van der Waals surface area (Å²) < 4.78 is 27.9. The molecule has 8 heteroatoms. The second kappa shape index (κ2) is 8.82. The van der Waals surface area contributed by atoms with E-state index < -0.39 is 31.0 Å².